The van der Waals surface area contributed by atoms with Crippen LogP contribution in [0.15, 0.2) is 48.5 Å². The Bertz CT molecular complexity index is 740. The van der Waals surface area contributed by atoms with Gasteiger partial charge in [-0.05, 0) is 25.0 Å². The first-order valence-electron chi connectivity index (χ1n) is 8.93. The van der Waals surface area contributed by atoms with Crippen LogP contribution in [0, 0.1) is 10.1 Å². The summed E-state index contributed by atoms with van der Waals surface area (Å²) in [7, 11) is 0. The minimum Gasteiger partial charge on any atom is -0.352 e. The Morgan fingerprint density at radius 3 is 2.23 bits per heavy atom. The Labute approximate surface area is 154 Å². The second-order valence-corrected chi connectivity index (χ2v) is 6.28. The van der Waals surface area contributed by atoms with Gasteiger partial charge in [-0.25, -0.2) is 0 Å². The summed E-state index contributed by atoms with van der Waals surface area (Å²) in [6.45, 7) is 7.92. The predicted molar refractivity (Wildman–Crippen MR) is 101 cm³/mol. The molecule has 0 atom stereocenters. The molecule has 0 radical (unpaired) electrons. The number of carbonyl (C=O) groups is 1. The minimum absolute atomic E-state index is 0.0296. The molecule has 6 nitrogen and oxygen atoms in total. The van der Waals surface area contributed by atoms with Crippen LogP contribution in [0.4, 0.5) is 5.69 Å². The maximum absolute atomic E-state index is 12.2. The van der Waals surface area contributed by atoms with Crippen molar-refractivity contribution in [1.82, 2.24) is 5.32 Å². The number of quaternary nitrogens is 1. The molecule has 0 aromatic heterocycles. The zero-order valence-electron chi connectivity index (χ0n) is 15.3. The first kappa shape index (κ1) is 19.6. The van der Waals surface area contributed by atoms with Gasteiger partial charge in [0.25, 0.3) is 5.69 Å². The number of hydrogen-bond donors (Lipinski definition) is 2. The molecule has 0 fully saturated rings. The highest BCUT2D eigenvalue weighted by Gasteiger charge is 2.11. The molecule has 0 aliphatic heterocycles. The number of benzene rings is 2. The fraction of sp³-hybridized carbons (Fsp3) is 0.350. The Balaban J connectivity index is 1.93. The second-order valence-electron chi connectivity index (χ2n) is 6.28. The number of nitro groups is 1. The average molecular weight is 356 g/mol. The lowest BCUT2D eigenvalue weighted by molar-refractivity contribution is -0.910. The van der Waals surface area contributed by atoms with Crippen LogP contribution in [0.5, 0.6) is 0 Å². The Morgan fingerprint density at radius 2 is 1.65 bits per heavy atom. The largest absolute Gasteiger partial charge is 0.352 e. The van der Waals surface area contributed by atoms with Gasteiger partial charge in [-0.3, -0.25) is 14.9 Å². The van der Waals surface area contributed by atoms with E-state index >= 15 is 0 Å². The molecule has 2 N–H and O–H groups in total. The van der Waals surface area contributed by atoms with Crippen molar-refractivity contribution in [3.63, 3.8) is 0 Å². The number of hydrogen-bond acceptors (Lipinski definition) is 3. The maximum Gasteiger partial charge on any atom is 0.269 e. The average Bonchev–Trinajstić information content (AvgIpc) is 2.65. The zero-order valence-corrected chi connectivity index (χ0v) is 15.3. The molecule has 0 saturated carbocycles. The lowest BCUT2D eigenvalue weighted by atomic mass is 10.1. The van der Waals surface area contributed by atoms with Gasteiger partial charge < -0.3 is 10.2 Å². The highest BCUT2D eigenvalue weighted by Crippen LogP contribution is 2.12. The van der Waals surface area contributed by atoms with Crippen LogP contribution >= 0.6 is 0 Å². The molecule has 6 heteroatoms. The van der Waals surface area contributed by atoms with Gasteiger partial charge >= 0.3 is 0 Å². The summed E-state index contributed by atoms with van der Waals surface area (Å²) < 4.78 is 0. The molecule has 0 bridgehead atoms. The van der Waals surface area contributed by atoms with Crippen molar-refractivity contribution in [2.24, 2.45) is 0 Å². The molecule has 2 aromatic carbocycles. The van der Waals surface area contributed by atoms with Crippen molar-refractivity contribution < 1.29 is 14.6 Å². The van der Waals surface area contributed by atoms with Crippen LogP contribution in [0.2, 0.25) is 0 Å². The summed E-state index contributed by atoms with van der Waals surface area (Å²) in [6.07, 6.45) is 0.210. The highest BCUT2D eigenvalue weighted by molar-refractivity contribution is 5.78. The van der Waals surface area contributed by atoms with Crippen LogP contribution in [-0.2, 0) is 24.3 Å². The summed E-state index contributed by atoms with van der Waals surface area (Å²) in [5.41, 5.74) is 3.17. The minimum atomic E-state index is -0.446. The molecule has 0 aliphatic rings. The summed E-state index contributed by atoms with van der Waals surface area (Å²) in [5.74, 6) is -0.0937. The van der Waals surface area contributed by atoms with E-state index in [2.05, 4.69) is 25.2 Å². The number of nitro benzene ring substituents is 1. The molecule has 2 rings (SSSR count). The first-order chi connectivity index (χ1) is 12.5. The predicted octanol–water partition coefficient (Wildman–Crippen LogP) is 1.88. The number of amides is 1. The quantitative estimate of drug-likeness (QED) is 0.532. The van der Waals surface area contributed by atoms with E-state index in [0.717, 1.165) is 30.8 Å². The molecule has 1 amide bonds. The van der Waals surface area contributed by atoms with E-state index in [4.69, 9.17) is 0 Å². The molecule has 138 valence electrons. The summed E-state index contributed by atoms with van der Waals surface area (Å²) >= 11 is 0. The van der Waals surface area contributed by atoms with Crippen LogP contribution in [0.1, 0.15) is 30.5 Å². The van der Waals surface area contributed by atoms with Gasteiger partial charge in [-0.2, -0.15) is 0 Å². The van der Waals surface area contributed by atoms with Crippen LogP contribution in [-0.4, -0.2) is 23.9 Å². The molecule has 26 heavy (non-hydrogen) atoms. The molecule has 0 spiro atoms. The van der Waals surface area contributed by atoms with E-state index in [1.165, 1.54) is 22.6 Å². The molecule has 0 aliphatic carbocycles. The van der Waals surface area contributed by atoms with Gasteiger partial charge in [0.05, 0.1) is 24.4 Å². The number of rotatable bonds is 9. The van der Waals surface area contributed by atoms with Gasteiger partial charge in [-0.15, -0.1) is 0 Å². The molecule has 2 aromatic rings. The van der Waals surface area contributed by atoms with E-state index in [1.54, 1.807) is 12.1 Å². The normalized spacial score (nSPS) is 10.7. The number of nitrogens with one attached hydrogen (secondary N) is 2. The fourth-order valence-electron chi connectivity index (χ4n) is 2.85. The monoisotopic (exact) mass is 356 g/mol. The van der Waals surface area contributed by atoms with E-state index in [0.29, 0.717) is 6.54 Å². The van der Waals surface area contributed by atoms with Crippen LogP contribution < -0.4 is 10.2 Å². The van der Waals surface area contributed by atoms with Gasteiger partial charge in [0.15, 0.2) is 0 Å². The van der Waals surface area contributed by atoms with Crippen molar-refractivity contribution in [2.75, 3.05) is 13.1 Å². The summed E-state index contributed by atoms with van der Waals surface area (Å²) in [6, 6.07) is 14.3. The first-order valence-corrected chi connectivity index (χ1v) is 8.93. The Kier molecular flexibility index (Phi) is 7.29. The lowest BCUT2D eigenvalue weighted by Crippen LogP contribution is -3.10. The molecular formula is C20H26N3O3+. The lowest BCUT2D eigenvalue weighted by Gasteiger charge is -2.18. The van der Waals surface area contributed by atoms with Crippen LogP contribution in [0.25, 0.3) is 0 Å². The van der Waals surface area contributed by atoms with Gasteiger partial charge in [0.1, 0.15) is 6.54 Å². The number of nitrogens with zero attached hydrogens (tertiary/aromatic N) is 1. The topological polar surface area (TPSA) is 76.7 Å². The number of non-ortho nitro benzene ring substituents is 1. The van der Waals surface area contributed by atoms with Crippen molar-refractivity contribution in [2.45, 2.75) is 33.4 Å². The summed E-state index contributed by atoms with van der Waals surface area (Å²) in [5, 5.41) is 13.6. The van der Waals surface area contributed by atoms with E-state index in [1.807, 2.05) is 18.2 Å². The van der Waals surface area contributed by atoms with Gasteiger partial charge in [0, 0.05) is 24.2 Å². The molecule has 0 heterocycles. The second kappa shape index (κ2) is 9.68. The zero-order chi connectivity index (χ0) is 18.9. The van der Waals surface area contributed by atoms with Crippen molar-refractivity contribution in [1.29, 1.82) is 0 Å². The van der Waals surface area contributed by atoms with E-state index < -0.39 is 4.92 Å². The van der Waals surface area contributed by atoms with Gasteiger partial charge in [0.2, 0.25) is 5.91 Å². The van der Waals surface area contributed by atoms with Crippen molar-refractivity contribution in [3.8, 4) is 0 Å². The van der Waals surface area contributed by atoms with Crippen molar-refractivity contribution in [3.05, 3.63) is 75.3 Å². The smallest absolute Gasteiger partial charge is 0.269 e. The maximum atomic E-state index is 12.2. The molecule has 0 unspecified atom stereocenters. The molecule has 0 saturated heterocycles. The number of carbonyl (C=O) groups excluding carboxylic acids is 1. The molecular weight excluding hydrogens is 330 g/mol. The van der Waals surface area contributed by atoms with Gasteiger partial charge in [-0.1, -0.05) is 36.4 Å². The Morgan fingerprint density at radius 1 is 1.04 bits per heavy atom. The van der Waals surface area contributed by atoms with E-state index in [9.17, 15) is 14.9 Å². The fourth-order valence-corrected chi connectivity index (χ4v) is 2.85. The van der Waals surface area contributed by atoms with Crippen molar-refractivity contribution >= 4 is 11.6 Å². The van der Waals surface area contributed by atoms with E-state index in [-0.39, 0.29) is 18.0 Å². The summed E-state index contributed by atoms with van der Waals surface area (Å²) in [4.78, 5) is 23.9. The SMILES string of the molecule is CC[NH+](CC)Cc1ccccc1CNC(=O)Cc1ccc([N+](=O)[O-])cc1. The third-order valence-electron chi connectivity index (χ3n) is 4.55. The standard InChI is InChI=1S/C20H25N3O3/c1-3-22(4-2)15-18-8-6-5-7-17(18)14-21-20(24)13-16-9-11-19(12-10-16)23(25)26/h5-12H,3-4,13-15H2,1-2H3,(H,21,24)/p+1. The third-order valence-corrected chi connectivity index (χ3v) is 4.55. The Hall–Kier alpha value is -2.73. The van der Waals surface area contributed by atoms with Crippen LogP contribution in [0.3, 0.4) is 0 Å². The third kappa shape index (κ3) is 5.67. The highest BCUT2D eigenvalue weighted by atomic mass is 16.6.